The normalized spacial score (nSPS) is 13.1. The lowest BCUT2D eigenvalue weighted by atomic mass is 9.88. The number of aromatic nitrogens is 3. The largest absolute Gasteiger partial charge is 0.457 e. The van der Waals surface area contributed by atoms with Crippen LogP contribution in [-0.4, -0.2) is 21.2 Å². The summed E-state index contributed by atoms with van der Waals surface area (Å²) < 4.78 is 11.5. The van der Waals surface area contributed by atoms with Gasteiger partial charge in [0.1, 0.15) is 24.0 Å². The zero-order valence-corrected chi connectivity index (χ0v) is 29.9. The number of anilines is 4. The molecule has 5 aromatic carbocycles. The predicted octanol–water partition coefficient (Wildman–Crippen LogP) is 12.3. The van der Waals surface area contributed by atoms with Gasteiger partial charge in [0.15, 0.2) is 0 Å². The first-order chi connectivity index (χ1) is 25.4. The molecule has 7 heteroatoms. The third-order valence-electron chi connectivity index (χ3n) is 10.2. The van der Waals surface area contributed by atoms with E-state index in [1.165, 1.54) is 31.1 Å². The quantitative estimate of drug-likeness (QED) is 0.180. The van der Waals surface area contributed by atoms with Gasteiger partial charge in [-0.25, -0.2) is 4.98 Å². The molecule has 0 unspecified atom stereocenters. The molecule has 0 aliphatic carbocycles. The van der Waals surface area contributed by atoms with Crippen LogP contribution in [-0.2, 0) is 5.41 Å². The van der Waals surface area contributed by atoms with Gasteiger partial charge in [-0.2, -0.15) is 0 Å². The molecule has 5 heterocycles. The van der Waals surface area contributed by atoms with Gasteiger partial charge in [0.25, 0.3) is 0 Å². The number of rotatable bonds is 5. The maximum atomic E-state index is 6.64. The predicted molar refractivity (Wildman–Crippen MR) is 217 cm³/mol. The summed E-state index contributed by atoms with van der Waals surface area (Å²) in [7, 11) is 0. The molecule has 9 aromatic rings. The summed E-state index contributed by atoms with van der Waals surface area (Å²) in [6, 6.07) is 45.1. The topological polar surface area (TPSA) is 46.4 Å². The Bertz CT molecular complexity index is 2830. The molecule has 1 aliphatic rings. The molecule has 52 heavy (non-hydrogen) atoms. The highest BCUT2D eigenvalue weighted by molar-refractivity contribution is 7.25. The summed E-state index contributed by atoms with van der Waals surface area (Å²) in [4.78, 5) is 14.0. The average molecular weight is 694 g/mol. The minimum absolute atomic E-state index is 0.00515. The fourth-order valence-electron chi connectivity index (χ4n) is 7.55. The van der Waals surface area contributed by atoms with Gasteiger partial charge in [0.05, 0.1) is 28.6 Å². The molecule has 0 radical (unpaired) electrons. The summed E-state index contributed by atoms with van der Waals surface area (Å²) in [6.45, 7) is 7.36. The van der Waals surface area contributed by atoms with Crippen molar-refractivity contribution in [3.05, 3.63) is 152 Å². The van der Waals surface area contributed by atoms with Crippen LogP contribution in [0.25, 0.3) is 47.8 Å². The molecule has 0 saturated carbocycles. The Labute approximate surface area is 305 Å². The standard InChI is InChI=1S/C45H35N5OS/c1-45(2,3)29-19-22-47-44(23-29)50-38-13-6-4-11-34(38)35-17-16-33(26-40(35)50)51-32-10-8-9-30(24-32)49-28-48(39-20-21-46-27-41(39)49)31-15-18-43-37(25-31)36-12-5-7-14-42(36)52-43/h4-27H,28H2,1-3H3. The van der Waals surface area contributed by atoms with Crippen LogP contribution in [0.1, 0.15) is 26.3 Å². The van der Waals surface area contributed by atoms with Crippen LogP contribution in [0, 0.1) is 0 Å². The van der Waals surface area contributed by atoms with Crippen LogP contribution in [0.5, 0.6) is 11.5 Å². The number of nitrogens with zero attached hydrogens (tertiary/aromatic N) is 5. The minimum Gasteiger partial charge on any atom is -0.457 e. The van der Waals surface area contributed by atoms with E-state index in [-0.39, 0.29) is 5.41 Å². The Balaban J connectivity index is 1.00. The van der Waals surface area contributed by atoms with E-state index in [1.54, 1.807) is 0 Å². The van der Waals surface area contributed by atoms with Gasteiger partial charge >= 0.3 is 0 Å². The van der Waals surface area contributed by atoms with Crippen LogP contribution in [0.15, 0.2) is 146 Å². The van der Waals surface area contributed by atoms with Gasteiger partial charge in [-0.15, -0.1) is 11.3 Å². The average Bonchev–Trinajstić information content (AvgIpc) is 3.84. The van der Waals surface area contributed by atoms with Crippen molar-refractivity contribution in [3.63, 3.8) is 0 Å². The summed E-state index contributed by atoms with van der Waals surface area (Å²) in [5.74, 6) is 2.43. The second kappa shape index (κ2) is 11.7. The van der Waals surface area contributed by atoms with Gasteiger partial charge in [-0.1, -0.05) is 63.2 Å². The molecule has 1 aliphatic heterocycles. The van der Waals surface area contributed by atoms with Crippen molar-refractivity contribution in [2.75, 3.05) is 16.5 Å². The van der Waals surface area contributed by atoms with Crippen molar-refractivity contribution in [1.82, 2.24) is 14.5 Å². The molecule has 0 amide bonds. The van der Waals surface area contributed by atoms with E-state index in [0.717, 1.165) is 56.5 Å². The third-order valence-corrected chi connectivity index (χ3v) is 11.3. The highest BCUT2D eigenvalue weighted by atomic mass is 32.1. The van der Waals surface area contributed by atoms with E-state index in [1.807, 2.05) is 36.0 Å². The fraction of sp³-hybridized carbons (Fsp3) is 0.111. The number of benzene rings is 5. The molecule has 0 atom stereocenters. The molecule has 4 aromatic heterocycles. The van der Waals surface area contributed by atoms with Crippen molar-refractivity contribution in [2.24, 2.45) is 0 Å². The maximum absolute atomic E-state index is 6.64. The summed E-state index contributed by atoms with van der Waals surface area (Å²) in [5, 5.41) is 4.94. The fourth-order valence-corrected chi connectivity index (χ4v) is 8.64. The highest BCUT2D eigenvalue weighted by Gasteiger charge is 2.29. The van der Waals surface area contributed by atoms with Crippen LogP contribution in [0.2, 0.25) is 0 Å². The van der Waals surface area contributed by atoms with Gasteiger partial charge in [-0.05, 0) is 83.8 Å². The number of ether oxygens (including phenoxy) is 1. The Hall–Kier alpha value is -6.18. The van der Waals surface area contributed by atoms with Crippen LogP contribution in [0.4, 0.5) is 22.7 Å². The SMILES string of the molecule is CC(C)(C)c1ccnc(-n2c3ccccc3c3ccc(Oc4cccc(N5CN(c6ccc7sc8ccccc8c7c6)c6ccncc65)c4)cc32)c1. The molecule has 6 nitrogen and oxygen atoms in total. The molecular weight excluding hydrogens is 659 g/mol. The lowest BCUT2D eigenvalue weighted by molar-refractivity contribution is 0.483. The van der Waals surface area contributed by atoms with Crippen LogP contribution >= 0.6 is 11.3 Å². The number of thiophene rings is 1. The molecular formula is C45H35N5OS. The Kier molecular flexibility index (Phi) is 6.88. The molecule has 0 bridgehead atoms. The van der Waals surface area contributed by atoms with E-state index < -0.39 is 0 Å². The van der Waals surface area contributed by atoms with Gasteiger partial charge in [-0.3, -0.25) is 9.55 Å². The third kappa shape index (κ3) is 5.00. The number of hydrogen-bond acceptors (Lipinski definition) is 6. The molecule has 0 saturated heterocycles. The van der Waals surface area contributed by atoms with Crippen molar-refractivity contribution in [3.8, 4) is 17.3 Å². The van der Waals surface area contributed by atoms with E-state index in [9.17, 15) is 0 Å². The van der Waals surface area contributed by atoms with Gasteiger partial charge < -0.3 is 14.5 Å². The zero-order valence-electron chi connectivity index (χ0n) is 29.1. The van der Waals surface area contributed by atoms with Crippen molar-refractivity contribution in [2.45, 2.75) is 26.2 Å². The van der Waals surface area contributed by atoms with Crippen LogP contribution in [0.3, 0.4) is 0 Å². The number of para-hydroxylation sites is 1. The molecule has 252 valence electrons. The van der Waals surface area contributed by atoms with E-state index in [4.69, 9.17) is 9.72 Å². The molecule has 0 spiro atoms. The second-order valence-electron chi connectivity index (χ2n) is 14.4. The minimum atomic E-state index is 0.00515. The Morgan fingerprint density at radius 2 is 1.37 bits per heavy atom. The zero-order chi connectivity index (χ0) is 35.0. The van der Waals surface area contributed by atoms with E-state index in [0.29, 0.717) is 6.67 Å². The second-order valence-corrected chi connectivity index (χ2v) is 15.5. The first-order valence-electron chi connectivity index (χ1n) is 17.6. The molecule has 0 N–H and O–H groups in total. The lowest BCUT2D eigenvalue weighted by Crippen LogP contribution is -2.23. The maximum Gasteiger partial charge on any atom is 0.137 e. The van der Waals surface area contributed by atoms with Gasteiger partial charge in [0, 0.05) is 66.8 Å². The number of pyridine rings is 2. The highest BCUT2D eigenvalue weighted by Crippen LogP contribution is 2.46. The summed E-state index contributed by atoms with van der Waals surface area (Å²) in [6.07, 6.45) is 5.74. The smallest absolute Gasteiger partial charge is 0.137 e. The van der Waals surface area contributed by atoms with E-state index in [2.05, 4.69) is 161 Å². The number of fused-ring (bicyclic) bond motifs is 7. The Morgan fingerprint density at radius 3 is 2.27 bits per heavy atom. The van der Waals surface area contributed by atoms with Gasteiger partial charge in [0.2, 0.25) is 0 Å². The van der Waals surface area contributed by atoms with Crippen molar-refractivity contribution < 1.29 is 4.74 Å². The summed E-state index contributed by atoms with van der Waals surface area (Å²) in [5.41, 5.74) is 7.80. The van der Waals surface area contributed by atoms with Crippen molar-refractivity contribution >= 4 is 76.1 Å². The van der Waals surface area contributed by atoms with E-state index >= 15 is 0 Å². The summed E-state index contributed by atoms with van der Waals surface area (Å²) >= 11 is 1.84. The molecule has 10 rings (SSSR count). The molecule has 0 fully saturated rings. The lowest BCUT2D eigenvalue weighted by Gasteiger charge is -2.22. The van der Waals surface area contributed by atoms with Crippen molar-refractivity contribution in [1.29, 1.82) is 0 Å². The first kappa shape index (κ1) is 30.6. The number of hydrogen-bond donors (Lipinski definition) is 0. The first-order valence-corrected chi connectivity index (χ1v) is 18.4. The van der Waals surface area contributed by atoms with Crippen LogP contribution < -0.4 is 14.5 Å². The Morgan fingerprint density at radius 1 is 0.596 bits per heavy atom. The monoisotopic (exact) mass is 693 g/mol.